The molecule has 27 heavy (non-hydrogen) atoms. The van der Waals surface area contributed by atoms with Crippen LogP contribution in [-0.4, -0.2) is 16.4 Å². The van der Waals surface area contributed by atoms with E-state index in [1.54, 1.807) is 0 Å². The molecule has 0 aliphatic rings. The predicted octanol–water partition coefficient (Wildman–Crippen LogP) is 5.27. The number of hydrogen-bond acceptors (Lipinski definition) is 2. The van der Waals surface area contributed by atoms with Gasteiger partial charge in [-0.1, -0.05) is 30.3 Å². The van der Waals surface area contributed by atoms with Crippen molar-refractivity contribution in [2.24, 2.45) is 0 Å². The molecular weight excluding hydrogens is 367 g/mol. The molecule has 0 saturated heterocycles. The van der Waals surface area contributed by atoms with Crippen molar-refractivity contribution in [1.82, 2.24) is 0 Å². The highest BCUT2D eigenvalue weighted by atomic mass is 19.4. The Kier molecular flexibility index (Phi) is 4.55. The Morgan fingerprint density at radius 1 is 0.630 bits per heavy atom. The van der Waals surface area contributed by atoms with Gasteiger partial charge in [-0.25, -0.2) is 8.78 Å². The highest BCUT2D eigenvalue weighted by Crippen LogP contribution is 2.52. The molecule has 3 rings (SSSR count). The van der Waals surface area contributed by atoms with E-state index >= 15 is 0 Å². The number of halogens is 5. The average molecular weight is 380 g/mol. The van der Waals surface area contributed by atoms with Crippen LogP contribution >= 0.6 is 0 Å². The van der Waals surface area contributed by atoms with E-state index in [4.69, 9.17) is 0 Å². The number of aromatic hydroxyl groups is 2. The molecule has 3 aromatic rings. The second kappa shape index (κ2) is 6.57. The summed E-state index contributed by atoms with van der Waals surface area (Å²) in [6, 6.07) is 10.2. The molecule has 0 spiro atoms. The minimum absolute atomic E-state index is 0.264. The van der Waals surface area contributed by atoms with Crippen LogP contribution in [-0.2, 0) is 5.41 Å². The number of rotatable bonds is 3. The third kappa shape index (κ3) is 3.09. The minimum atomic E-state index is -5.03. The Labute approximate surface area is 151 Å². The number of phenols is 2. The average Bonchev–Trinajstić information content (AvgIpc) is 2.59. The molecule has 0 amide bonds. The fourth-order valence-corrected chi connectivity index (χ4v) is 3.17. The van der Waals surface area contributed by atoms with Crippen LogP contribution in [0.1, 0.15) is 16.7 Å². The lowest BCUT2D eigenvalue weighted by Gasteiger charge is -2.37. The molecule has 0 aliphatic heterocycles. The smallest absolute Gasteiger partial charge is 0.406 e. The molecule has 7 heteroatoms. The summed E-state index contributed by atoms with van der Waals surface area (Å²) in [6.45, 7) is 0. The van der Waals surface area contributed by atoms with E-state index in [1.807, 2.05) is 0 Å². The van der Waals surface area contributed by atoms with Crippen LogP contribution in [0.4, 0.5) is 22.0 Å². The van der Waals surface area contributed by atoms with Gasteiger partial charge >= 0.3 is 6.18 Å². The van der Waals surface area contributed by atoms with E-state index in [2.05, 4.69) is 0 Å². The summed E-state index contributed by atoms with van der Waals surface area (Å²) in [5.41, 5.74) is -4.52. The van der Waals surface area contributed by atoms with Gasteiger partial charge in [0.05, 0.1) is 0 Å². The fraction of sp³-hybridized carbons (Fsp3) is 0.100. The first-order valence-electron chi connectivity index (χ1n) is 7.77. The molecular formula is C20H13F5O2. The lowest BCUT2D eigenvalue weighted by molar-refractivity contribution is -0.167. The van der Waals surface area contributed by atoms with Gasteiger partial charge in [-0.05, 0) is 41.5 Å². The van der Waals surface area contributed by atoms with Crippen molar-refractivity contribution in [1.29, 1.82) is 0 Å². The monoisotopic (exact) mass is 380 g/mol. The summed E-state index contributed by atoms with van der Waals surface area (Å²) in [5, 5.41) is 18.9. The second-order valence-electron chi connectivity index (χ2n) is 5.97. The third-order valence-electron chi connectivity index (χ3n) is 4.36. The van der Waals surface area contributed by atoms with Crippen LogP contribution in [0.15, 0.2) is 66.7 Å². The van der Waals surface area contributed by atoms with E-state index in [-0.39, 0.29) is 22.6 Å². The highest BCUT2D eigenvalue weighted by Gasteiger charge is 2.59. The van der Waals surface area contributed by atoms with E-state index in [1.165, 1.54) is 0 Å². The van der Waals surface area contributed by atoms with Gasteiger partial charge in [0.15, 0.2) is 0 Å². The largest absolute Gasteiger partial charge is 0.508 e. The Hall–Kier alpha value is -3.09. The fourth-order valence-electron chi connectivity index (χ4n) is 3.17. The van der Waals surface area contributed by atoms with Crippen LogP contribution in [0, 0.1) is 11.6 Å². The lowest BCUT2D eigenvalue weighted by Crippen LogP contribution is -2.45. The van der Waals surface area contributed by atoms with Gasteiger partial charge < -0.3 is 10.2 Å². The van der Waals surface area contributed by atoms with E-state index in [0.717, 1.165) is 60.7 Å². The molecule has 0 radical (unpaired) electrons. The molecule has 0 aliphatic carbocycles. The standard InChI is InChI=1S/C20H13F5O2/c21-14-5-10-17(18(22)11-14)19(20(23,24)25,12-1-6-15(26)7-2-12)13-3-8-16(27)9-4-13/h1-11,26-27H. The normalized spacial score (nSPS) is 12.2. The first-order valence-corrected chi connectivity index (χ1v) is 7.77. The lowest BCUT2D eigenvalue weighted by atomic mass is 9.68. The summed E-state index contributed by atoms with van der Waals surface area (Å²) in [5.74, 6) is -2.91. The Balaban J connectivity index is 2.45. The summed E-state index contributed by atoms with van der Waals surface area (Å²) in [6.07, 6.45) is -5.03. The third-order valence-corrected chi connectivity index (χ3v) is 4.36. The molecule has 2 N–H and O–H groups in total. The van der Waals surface area contributed by atoms with Crippen LogP contribution in [0.2, 0.25) is 0 Å². The van der Waals surface area contributed by atoms with Crippen molar-refractivity contribution in [3.63, 3.8) is 0 Å². The molecule has 0 unspecified atom stereocenters. The van der Waals surface area contributed by atoms with Gasteiger partial charge in [0.2, 0.25) is 0 Å². The van der Waals surface area contributed by atoms with Crippen molar-refractivity contribution >= 4 is 0 Å². The van der Waals surface area contributed by atoms with Crippen LogP contribution in [0.25, 0.3) is 0 Å². The Morgan fingerprint density at radius 2 is 1.07 bits per heavy atom. The SMILES string of the molecule is Oc1ccc(C(c2ccc(O)cc2)(c2ccc(F)cc2F)C(F)(F)F)cc1. The van der Waals surface area contributed by atoms with Gasteiger partial charge in [0.1, 0.15) is 28.5 Å². The van der Waals surface area contributed by atoms with Crippen molar-refractivity contribution in [2.75, 3.05) is 0 Å². The molecule has 3 aromatic carbocycles. The van der Waals surface area contributed by atoms with E-state index < -0.39 is 28.8 Å². The zero-order valence-corrected chi connectivity index (χ0v) is 13.6. The second-order valence-corrected chi connectivity index (χ2v) is 5.97. The van der Waals surface area contributed by atoms with Crippen LogP contribution < -0.4 is 0 Å². The van der Waals surface area contributed by atoms with E-state index in [9.17, 15) is 32.2 Å². The topological polar surface area (TPSA) is 40.5 Å². The first kappa shape index (κ1) is 18.7. The summed E-state index contributed by atoms with van der Waals surface area (Å²) in [7, 11) is 0. The molecule has 0 atom stereocenters. The maximum absolute atomic E-state index is 14.6. The van der Waals surface area contributed by atoms with Crippen molar-refractivity contribution in [3.8, 4) is 11.5 Å². The predicted molar refractivity (Wildman–Crippen MR) is 88.5 cm³/mol. The number of phenolic OH excluding ortho intramolecular Hbond substituents is 2. The summed E-state index contributed by atoms with van der Waals surface area (Å²) >= 11 is 0. The van der Waals surface area contributed by atoms with Gasteiger partial charge in [-0.15, -0.1) is 0 Å². The van der Waals surface area contributed by atoms with Gasteiger partial charge in [0, 0.05) is 11.6 Å². The number of benzene rings is 3. The van der Waals surface area contributed by atoms with Crippen LogP contribution in [0.3, 0.4) is 0 Å². The zero-order chi connectivity index (χ0) is 19.8. The van der Waals surface area contributed by atoms with Crippen molar-refractivity contribution in [3.05, 3.63) is 95.1 Å². The summed E-state index contributed by atoms with van der Waals surface area (Å²) < 4.78 is 71.5. The molecule has 0 bridgehead atoms. The maximum Gasteiger partial charge on any atom is 0.406 e. The van der Waals surface area contributed by atoms with Crippen molar-refractivity contribution in [2.45, 2.75) is 11.6 Å². The number of hydrogen-bond donors (Lipinski definition) is 2. The Morgan fingerprint density at radius 3 is 1.44 bits per heavy atom. The molecule has 0 saturated carbocycles. The Bertz CT molecular complexity index is 902. The highest BCUT2D eigenvalue weighted by molar-refractivity contribution is 5.54. The maximum atomic E-state index is 14.6. The minimum Gasteiger partial charge on any atom is -0.508 e. The molecule has 2 nitrogen and oxygen atoms in total. The van der Waals surface area contributed by atoms with Crippen LogP contribution in [0.5, 0.6) is 11.5 Å². The first-order chi connectivity index (χ1) is 12.7. The van der Waals surface area contributed by atoms with Gasteiger partial charge in [-0.2, -0.15) is 13.2 Å². The zero-order valence-electron chi connectivity index (χ0n) is 13.6. The quantitative estimate of drug-likeness (QED) is 0.480. The van der Waals surface area contributed by atoms with E-state index in [0.29, 0.717) is 6.07 Å². The summed E-state index contributed by atoms with van der Waals surface area (Å²) in [4.78, 5) is 0. The molecule has 0 fully saturated rings. The number of alkyl halides is 3. The van der Waals surface area contributed by atoms with Crippen molar-refractivity contribution < 1.29 is 32.2 Å². The molecule has 140 valence electrons. The molecule has 0 aromatic heterocycles. The van der Waals surface area contributed by atoms with Gasteiger partial charge in [-0.3, -0.25) is 0 Å². The van der Waals surface area contributed by atoms with Gasteiger partial charge in [0.25, 0.3) is 0 Å². The molecule has 0 heterocycles.